The van der Waals surface area contributed by atoms with Gasteiger partial charge in [-0.1, -0.05) is 12.1 Å². The fourth-order valence-corrected chi connectivity index (χ4v) is 1.92. The summed E-state index contributed by atoms with van der Waals surface area (Å²) in [5.74, 6) is -0.156. The van der Waals surface area contributed by atoms with Gasteiger partial charge in [-0.3, -0.25) is 4.79 Å². The molecule has 1 N–H and O–H groups in total. The summed E-state index contributed by atoms with van der Waals surface area (Å²) in [5, 5.41) is 13.4. The van der Waals surface area contributed by atoms with Gasteiger partial charge in [0.25, 0.3) is 0 Å². The first kappa shape index (κ1) is 9.78. The summed E-state index contributed by atoms with van der Waals surface area (Å²) in [5.41, 5.74) is 0. The average Bonchev–Trinajstić information content (AvgIpc) is 2.84. The molecule has 0 spiro atoms. The minimum absolute atomic E-state index is 0.153. The van der Waals surface area contributed by atoms with Gasteiger partial charge in [0, 0.05) is 6.42 Å². The van der Waals surface area contributed by atoms with E-state index in [0.29, 0.717) is 11.4 Å². The molecule has 2 aromatic heterocycles. The third-order valence-corrected chi connectivity index (χ3v) is 2.82. The van der Waals surface area contributed by atoms with Gasteiger partial charge in [0.05, 0.1) is 0 Å². The van der Waals surface area contributed by atoms with Crippen molar-refractivity contribution < 1.29 is 14.4 Å². The number of ketones is 1. The van der Waals surface area contributed by atoms with Crippen LogP contribution >= 0.6 is 11.3 Å². The monoisotopic (exact) mass is 225 g/mol. The highest BCUT2D eigenvalue weighted by atomic mass is 32.1. The van der Waals surface area contributed by atoms with Gasteiger partial charge in [0.15, 0.2) is 10.8 Å². The van der Waals surface area contributed by atoms with E-state index in [1.807, 2.05) is 0 Å². The fraction of sp³-hybridized carbons (Fsp3) is 0.250. The fourth-order valence-electron chi connectivity index (χ4n) is 1.01. The van der Waals surface area contributed by atoms with Crippen LogP contribution in [0, 0.1) is 0 Å². The molecule has 0 aromatic carbocycles. The minimum Gasteiger partial charge on any atom is -0.492 e. The summed E-state index contributed by atoms with van der Waals surface area (Å²) in [6.45, 7) is 1.72. The van der Waals surface area contributed by atoms with Crippen molar-refractivity contribution in [2.24, 2.45) is 0 Å². The summed E-state index contributed by atoms with van der Waals surface area (Å²) < 4.78 is 4.54. The predicted molar refractivity (Wildman–Crippen MR) is 51.7 cm³/mol. The van der Waals surface area contributed by atoms with E-state index in [1.54, 1.807) is 6.92 Å². The van der Waals surface area contributed by atoms with E-state index < -0.39 is 0 Å². The zero-order valence-corrected chi connectivity index (χ0v) is 8.61. The zero-order valence-electron chi connectivity index (χ0n) is 7.80. The number of rotatable bonds is 3. The van der Waals surface area contributed by atoms with Crippen molar-refractivity contribution in [1.29, 1.82) is 0 Å². The van der Waals surface area contributed by atoms with Crippen molar-refractivity contribution in [3.8, 4) is 16.7 Å². The van der Waals surface area contributed by atoms with Gasteiger partial charge in [-0.25, -0.2) is 0 Å². The molecule has 15 heavy (non-hydrogen) atoms. The molecule has 0 amide bonds. The molecule has 6 nitrogen and oxygen atoms in total. The molecule has 0 atom stereocenters. The molecule has 2 heterocycles. The Labute approximate surface area is 88.6 Å². The Morgan fingerprint density at radius 3 is 3.07 bits per heavy atom. The van der Waals surface area contributed by atoms with Crippen molar-refractivity contribution in [2.75, 3.05) is 0 Å². The Kier molecular flexibility index (Phi) is 2.46. The van der Waals surface area contributed by atoms with Gasteiger partial charge in [-0.15, -0.1) is 11.3 Å². The summed E-state index contributed by atoms with van der Waals surface area (Å²) in [7, 11) is 0. The standard InChI is InChI=1S/C8H7N3O3S/c1-2-4(12)5-7(13)10-8(15-5)6-9-3-14-11-6/h3,13H,2H2,1H3. The first-order valence-corrected chi connectivity index (χ1v) is 5.03. The number of carbonyl (C=O) groups excluding carboxylic acids is 1. The SMILES string of the molecule is CCC(=O)c1sc(-c2ncon2)nc1O. The van der Waals surface area contributed by atoms with Gasteiger partial charge >= 0.3 is 0 Å². The van der Waals surface area contributed by atoms with Gasteiger partial charge in [0.2, 0.25) is 18.1 Å². The topological polar surface area (TPSA) is 89.1 Å². The number of hydrogen-bond donors (Lipinski definition) is 1. The molecule has 2 rings (SSSR count). The normalized spacial score (nSPS) is 10.5. The van der Waals surface area contributed by atoms with Crippen molar-refractivity contribution >= 4 is 17.1 Å². The van der Waals surface area contributed by atoms with Crippen molar-refractivity contribution in [1.82, 2.24) is 15.1 Å². The number of thiazole rings is 1. The lowest BCUT2D eigenvalue weighted by Crippen LogP contribution is -1.92. The molecule has 0 saturated carbocycles. The lowest BCUT2D eigenvalue weighted by Gasteiger charge is -1.89. The molecule has 0 radical (unpaired) electrons. The quantitative estimate of drug-likeness (QED) is 0.796. The van der Waals surface area contributed by atoms with Crippen LogP contribution in [0.1, 0.15) is 23.0 Å². The second-order valence-corrected chi connectivity index (χ2v) is 3.70. The third kappa shape index (κ3) is 1.73. The van der Waals surface area contributed by atoms with Crippen molar-refractivity contribution in [2.45, 2.75) is 13.3 Å². The van der Waals surface area contributed by atoms with Gasteiger partial charge in [0.1, 0.15) is 4.88 Å². The molecule has 0 aliphatic heterocycles. The second-order valence-electron chi connectivity index (χ2n) is 2.70. The highest BCUT2D eigenvalue weighted by Crippen LogP contribution is 2.30. The van der Waals surface area contributed by atoms with Gasteiger partial charge in [-0.05, 0) is 0 Å². The summed E-state index contributed by atoms with van der Waals surface area (Å²) in [6.07, 6.45) is 1.48. The summed E-state index contributed by atoms with van der Waals surface area (Å²) in [6, 6.07) is 0. The van der Waals surface area contributed by atoms with Crippen molar-refractivity contribution in [3.05, 3.63) is 11.3 Å². The Morgan fingerprint density at radius 1 is 1.67 bits per heavy atom. The van der Waals surface area contributed by atoms with E-state index in [1.165, 1.54) is 0 Å². The molecule has 0 unspecified atom stereocenters. The molecular formula is C8H7N3O3S. The van der Waals surface area contributed by atoms with Gasteiger partial charge < -0.3 is 9.63 Å². The maximum Gasteiger partial charge on any atom is 0.233 e. The molecule has 0 saturated heterocycles. The molecular weight excluding hydrogens is 218 g/mol. The molecule has 0 aliphatic rings. The second kappa shape index (κ2) is 3.77. The van der Waals surface area contributed by atoms with E-state index in [0.717, 1.165) is 17.7 Å². The predicted octanol–water partition coefficient (Wildman–Crippen LogP) is 1.49. The summed E-state index contributed by atoms with van der Waals surface area (Å²) >= 11 is 1.05. The number of aromatic nitrogens is 3. The van der Waals surface area contributed by atoms with Gasteiger partial charge in [-0.2, -0.15) is 9.97 Å². The molecule has 78 valence electrons. The van der Waals surface area contributed by atoms with Crippen LogP contribution in [0.2, 0.25) is 0 Å². The Bertz CT molecular complexity index is 477. The smallest absolute Gasteiger partial charge is 0.233 e. The third-order valence-electron chi connectivity index (χ3n) is 1.74. The number of Topliss-reactive ketones (excluding diaryl/α,β-unsaturated/α-hetero) is 1. The highest BCUT2D eigenvalue weighted by molar-refractivity contribution is 7.17. The molecule has 0 bridgehead atoms. The zero-order chi connectivity index (χ0) is 10.8. The first-order chi connectivity index (χ1) is 7.22. The van der Waals surface area contributed by atoms with E-state index in [-0.39, 0.29) is 22.4 Å². The van der Waals surface area contributed by atoms with Crippen LogP contribution in [-0.2, 0) is 0 Å². The Morgan fingerprint density at radius 2 is 2.47 bits per heavy atom. The van der Waals surface area contributed by atoms with Crippen LogP contribution in [0.5, 0.6) is 5.88 Å². The maximum absolute atomic E-state index is 11.4. The van der Waals surface area contributed by atoms with Crippen molar-refractivity contribution in [3.63, 3.8) is 0 Å². The molecule has 0 fully saturated rings. The lowest BCUT2D eigenvalue weighted by molar-refractivity contribution is 0.0989. The Hall–Kier alpha value is -1.76. The van der Waals surface area contributed by atoms with Crippen LogP contribution in [0.25, 0.3) is 10.8 Å². The minimum atomic E-state index is -0.272. The largest absolute Gasteiger partial charge is 0.492 e. The van der Waals surface area contributed by atoms with E-state index in [2.05, 4.69) is 19.6 Å². The average molecular weight is 225 g/mol. The Balaban J connectivity index is 2.41. The van der Waals surface area contributed by atoms with Crippen LogP contribution < -0.4 is 0 Å². The first-order valence-electron chi connectivity index (χ1n) is 4.22. The number of aromatic hydroxyl groups is 1. The maximum atomic E-state index is 11.4. The van der Waals surface area contributed by atoms with Crippen LogP contribution in [0.15, 0.2) is 10.9 Å². The van der Waals surface area contributed by atoms with Crippen LogP contribution in [0.3, 0.4) is 0 Å². The number of carbonyl (C=O) groups is 1. The lowest BCUT2D eigenvalue weighted by atomic mass is 10.3. The number of hydrogen-bond acceptors (Lipinski definition) is 7. The van der Waals surface area contributed by atoms with E-state index >= 15 is 0 Å². The number of nitrogens with zero attached hydrogens (tertiary/aromatic N) is 3. The molecule has 2 aromatic rings. The van der Waals surface area contributed by atoms with E-state index in [4.69, 9.17) is 0 Å². The van der Waals surface area contributed by atoms with Crippen LogP contribution in [0.4, 0.5) is 0 Å². The van der Waals surface area contributed by atoms with E-state index in [9.17, 15) is 9.90 Å². The molecule has 7 heteroatoms. The highest BCUT2D eigenvalue weighted by Gasteiger charge is 2.18. The summed E-state index contributed by atoms with van der Waals surface area (Å²) in [4.78, 5) is 19.2. The van der Waals surface area contributed by atoms with Crippen LogP contribution in [-0.4, -0.2) is 26.0 Å². The molecule has 0 aliphatic carbocycles.